The molecule has 1 rings (SSSR count). The molecule has 1 aromatic carbocycles. The van der Waals surface area contributed by atoms with Gasteiger partial charge in [0.1, 0.15) is 5.82 Å². The van der Waals surface area contributed by atoms with Crippen LogP contribution in [-0.2, 0) is 0 Å². The van der Waals surface area contributed by atoms with Gasteiger partial charge < -0.3 is 4.90 Å². The number of nitrogens with zero attached hydrogens (tertiary/aromatic N) is 1. The third kappa shape index (κ3) is 2.40. The number of hydrogen-bond acceptors (Lipinski definition) is 1. The third-order valence-electron chi connectivity index (χ3n) is 1.57. The molecule has 0 saturated carbocycles. The molecule has 0 unspecified atom stereocenters. The molecule has 1 amide bonds. The Labute approximate surface area is 89.9 Å². The second-order valence-corrected chi connectivity index (χ2v) is 3.99. The van der Waals surface area contributed by atoms with Crippen LogP contribution < -0.4 is 0 Å². The van der Waals surface area contributed by atoms with Crippen LogP contribution in [0.4, 0.5) is 4.39 Å². The summed E-state index contributed by atoms with van der Waals surface area (Å²) in [6, 6.07) is 4.33. The largest absolute Gasteiger partial charge is 0.345 e. The molecule has 0 aromatic heterocycles. The first-order valence-electron chi connectivity index (χ1n) is 3.69. The number of rotatable bonds is 1. The second-order valence-electron chi connectivity index (χ2n) is 2.83. The lowest BCUT2D eigenvalue weighted by molar-refractivity contribution is 0.0827. The van der Waals surface area contributed by atoms with Gasteiger partial charge in [-0.15, -0.1) is 0 Å². The Balaban J connectivity index is 3.04. The monoisotopic (exact) mass is 293 g/mol. The topological polar surface area (TPSA) is 20.3 Å². The molecule has 0 atom stereocenters. The van der Waals surface area contributed by atoms with Crippen LogP contribution in [0.2, 0.25) is 0 Å². The first kappa shape index (κ1) is 10.4. The number of halogens is 2. The molecule has 0 aliphatic carbocycles. The average molecular weight is 293 g/mol. The fraction of sp³-hybridized carbons (Fsp3) is 0.222. The van der Waals surface area contributed by atoms with Crippen LogP contribution in [0.1, 0.15) is 10.4 Å². The van der Waals surface area contributed by atoms with Crippen LogP contribution >= 0.6 is 22.6 Å². The van der Waals surface area contributed by atoms with E-state index < -0.39 is 0 Å². The van der Waals surface area contributed by atoms with Crippen molar-refractivity contribution in [1.82, 2.24) is 4.90 Å². The van der Waals surface area contributed by atoms with Crippen LogP contribution in [0.15, 0.2) is 18.2 Å². The minimum absolute atomic E-state index is 0.113. The zero-order valence-electron chi connectivity index (χ0n) is 7.34. The Hall–Kier alpha value is -0.650. The highest BCUT2D eigenvalue weighted by molar-refractivity contribution is 14.1. The van der Waals surface area contributed by atoms with Gasteiger partial charge in [-0.2, -0.15) is 0 Å². The Kier molecular flexibility index (Phi) is 3.24. The molecule has 0 N–H and O–H groups in total. The molecular formula is C9H9FINO. The lowest BCUT2D eigenvalue weighted by Gasteiger charge is -2.10. The fourth-order valence-corrected chi connectivity index (χ4v) is 1.40. The highest BCUT2D eigenvalue weighted by Gasteiger charge is 2.09. The van der Waals surface area contributed by atoms with E-state index in [0.29, 0.717) is 9.13 Å². The summed E-state index contributed by atoms with van der Waals surface area (Å²) in [7, 11) is 3.33. The van der Waals surface area contributed by atoms with Gasteiger partial charge in [0.2, 0.25) is 0 Å². The van der Waals surface area contributed by atoms with Gasteiger partial charge in [0, 0.05) is 23.2 Å². The molecule has 4 heteroatoms. The van der Waals surface area contributed by atoms with Crippen molar-refractivity contribution in [3.05, 3.63) is 33.1 Å². The highest BCUT2D eigenvalue weighted by atomic mass is 127. The molecule has 1 aromatic rings. The van der Waals surface area contributed by atoms with Crippen molar-refractivity contribution in [2.45, 2.75) is 0 Å². The zero-order valence-corrected chi connectivity index (χ0v) is 9.50. The van der Waals surface area contributed by atoms with E-state index in [0.717, 1.165) is 0 Å². The molecule has 0 saturated heterocycles. The summed E-state index contributed by atoms with van der Waals surface area (Å²) in [5, 5.41) is 0. The summed E-state index contributed by atoms with van der Waals surface area (Å²) < 4.78 is 13.3. The van der Waals surface area contributed by atoms with E-state index in [1.54, 1.807) is 14.1 Å². The maximum Gasteiger partial charge on any atom is 0.253 e. The highest BCUT2D eigenvalue weighted by Crippen LogP contribution is 2.13. The molecule has 2 nitrogen and oxygen atoms in total. The zero-order chi connectivity index (χ0) is 10.0. The average Bonchev–Trinajstić information content (AvgIpc) is 2.08. The number of carbonyl (C=O) groups is 1. The minimum atomic E-state index is -0.295. The third-order valence-corrected chi connectivity index (χ3v) is 2.40. The molecule has 70 valence electrons. The minimum Gasteiger partial charge on any atom is -0.345 e. The van der Waals surface area contributed by atoms with Crippen molar-refractivity contribution in [2.75, 3.05) is 14.1 Å². The summed E-state index contributed by atoms with van der Waals surface area (Å²) in [6.45, 7) is 0. The van der Waals surface area contributed by atoms with Gasteiger partial charge in [-0.25, -0.2) is 4.39 Å². The van der Waals surface area contributed by atoms with Crippen molar-refractivity contribution >= 4 is 28.5 Å². The molecule has 13 heavy (non-hydrogen) atoms. The van der Waals surface area contributed by atoms with Gasteiger partial charge in [0.05, 0.1) is 0 Å². The van der Waals surface area contributed by atoms with Gasteiger partial charge in [-0.1, -0.05) is 0 Å². The standard InChI is InChI=1S/C9H9FINO/c1-12(2)9(13)6-3-4-7(10)8(11)5-6/h3-5H,1-2H3. The molecule has 0 bridgehead atoms. The summed E-state index contributed by atoms with van der Waals surface area (Å²) in [5.41, 5.74) is 0.510. The lowest BCUT2D eigenvalue weighted by atomic mass is 10.2. The van der Waals surface area contributed by atoms with Crippen molar-refractivity contribution in [1.29, 1.82) is 0 Å². The van der Waals surface area contributed by atoms with Crippen LogP contribution in [0.5, 0.6) is 0 Å². The van der Waals surface area contributed by atoms with Crippen molar-refractivity contribution in [3.8, 4) is 0 Å². The SMILES string of the molecule is CN(C)C(=O)c1ccc(F)c(I)c1. The Morgan fingerprint density at radius 2 is 2.08 bits per heavy atom. The van der Waals surface area contributed by atoms with E-state index in [4.69, 9.17) is 0 Å². The van der Waals surface area contributed by atoms with Gasteiger partial charge in [0.15, 0.2) is 0 Å². The maximum absolute atomic E-state index is 12.8. The molecule has 0 radical (unpaired) electrons. The van der Waals surface area contributed by atoms with Gasteiger partial charge in [-0.3, -0.25) is 4.79 Å². The van der Waals surface area contributed by atoms with E-state index in [2.05, 4.69) is 0 Å². The quantitative estimate of drug-likeness (QED) is 0.726. The summed E-state index contributed by atoms with van der Waals surface area (Å²) in [6.07, 6.45) is 0. The predicted octanol–water partition coefficient (Wildman–Crippen LogP) is 2.13. The van der Waals surface area contributed by atoms with E-state index in [1.807, 2.05) is 22.6 Å². The van der Waals surface area contributed by atoms with Crippen LogP contribution in [0, 0.1) is 9.39 Å². The lowest BCUT2D eigenvalue weighted by Crippen LogP contribution is -2.21. The number of amides is 1. The second kappa shape index (κ2) is 4.04. The Morgan fingerprint density at radius 1 is 1.46 bits per heavy atom. The summed E-state index contributed by atoms with van der Waals surface area (Å²) in [5.74, 6) is -0.408. The Bertz CT molecular complexity index is 338. The molecular weight excluding hydrogens is 284 g/mol. The molecule has 0 fully saturated rings. The van der Waals surface area contributed by atoms with E-state index >= 15 is 0 Å². The summed E-state index contributed by atoms with van der Waals surface area (Å²) in [4.78, 5) is 12.9. The molecule has 0 heterocycles. The van der Waals surface area contributed by atoms with Gasteiger partial charge in [0.25, 0.3) is 5.91 Å². The molecule has 0 spiro atoms. The van der Waals surface area contributed by atoms with Crippen LogP contribution in [0.3, 0.4) is 0 Å². The van der Waals surface area contributed by atoms with E-state index in [9.17, 15) is 9.18 Å². The fourth-order valence-electron chi connectivity index (χ4n) is 0.887. The normalized spacial score (nSPS) is 9.85. The van der Waals surface area contributed by atoms with Gasteiger partial charge >= 0.3 is 0 Å². The first-order valence-corrected chi connectivity index (χ1v) is 4.77. The van der Waals surface area contributed by atoms with Crippen LogP contribution in [0.25, 0.3) is 0 Å². The van der Waals surface area contributed by atoms with E-state index in [-0.39, 0.29) is 11.7 Å². The predicted molar refractivity (Wildman–Crippen MR) is 57.1 cm³/mol. The van der Waals surface area contributed by atoms with Gasteiger partial charge in [-0.05, 0) is 40.8 Å². The summed E-state index contributed by atoms with van der Waals surface area (Å²) >= 11 is 1.86. The first-order chi connectivity index (χ1) is 6.02. The molecule has 0 aliphatic heterocycles. The smallest absolute Gasteiger partial charge is 0.253 e. The Morgan fingerprint density at radius 3 is 2.54 bits per heavy atom. The number of carbonyl (C=O) groups excluding carboxylic acids is 1. The molecule has 0 aliphatic rings. The van der Waals surface area contributed by atoms with E-state index in [1.165, 1.54) is 23.1 Å². The van der Waals surface area contributed by atoms with Crippen LogP contribution in [-0.4, -0.2) is 24.9 Å². The van der Waals surface area contributed by atoms with Crippen molar-refractivity contribution < 1.29 is 9.18 Å². The van der Waals surface area contributed by atoms with Crippen molar-refractivity contribution in [2.24, 2.45) is 0 Å². The maximum atomic E-state index is 12.8. The number of benzene rings is 1. The van der Waals surface area contributed by atoms with Crippen molar-refractivity contribution in [3.63, 3.8) is 0 Å². The number of hydrogen-bond donors (Lipinski definition) is 0.